The minimum atomic E-state index is -0.297. The highest BCUT2D eigenvalue weighted by Crippen LogP contribution is 2.35. The molecule has 0 heterocycles. The molecular weight excluding hydrogens is 527 g/mol. The van der Waals surface area contributed by atoms with E-state index in [9.17, 15) is 4.79 Å². The van der Waals surface area contributed by atoms with Gasteiger partial charge in [-0.3, -0.25) is 4.90 Å². The zero-order chi connectivity index (χ0) is 27.2. The summed E-state index contributed by atoms with van der Waals surface area (Å²) < 4.78 is 5.54. The van der Waals surface area contributed by atoms with Gasteiger partial charge in [0.1, 0.15) is 5.75 Å². The van der Waals surface area contributed by atoms with Gasteiger partial charge in [0.25, 0.3) is 0 Å². The van der Waals surface area contributed by atoms with Gasteiger partial charge in [0, 0.05) is 24.7 Å². The number of carbonyl (C=O) groups excluding carboxylic acids is 1. The first-order valence-corrected chi connectivity index (χ1v) is 15.4. The van der Waals surface area contributed by atoms with Crippen LogP contribution < -0.4 is 4.74 Å². The van der Waals surface area contributed by atoms with Crippen molar-refractivity contribution in [2.75, 3.05) is 20.1 Å². The van der Waals surface area contributed by atoms with Crippen LogP contribution in [0.1, 0.15) is 108 Å². The van der Waals surface area contributed by atoms with Crippen molar-refractivity contribution in [3.8, 4) is 5.75 Å². The van der Waals surface area contributed by atoms with Gasteiger partial charge in [0.15, 0.2) is 0 Å². The average molecular weight is 578 g/mol. The van der Waals surface area contributed by atoms with Crippen molar-refractivity contribution in [2.24, 2.45) is 0 Å². The van der Waals surface area contributed by atoms with Gasteiger partial charge in [0.2, 0.25) is 0 Å². The maximum absolute atomic E-state index is 12.6. The van der Waals surface area contributed by atoms with E-state index in [0.717, 1.165) is 32.2 Å². The van der Waals surface area contributed by atoms with Gasteiger partial charge in [-0.1, -0.05) is 88.2 Å². The molecule has 3 rings (SSSR count). The molecule has 0 aliphatic heterocycles. The molecule has 4 nitrogen and oxygen atoms in total. The molecule has 39 heavy (non-hydrogen) atoms. The van der Waals surface area contributed by atoms with Crippen molar-refractivity contribution in [3.05, 3.63) is 64.7 Å². The molecule has 1 aliphatic carbocycles. The van der Waals surface area contributed by atoms with Crippen molar-refractivity contribution in [3.63, 3.8) is 0 Å². The Kier molecular flexibility index (Phi) is 15.9. The molecule has 1 saturated carbocycles. The van der Waals surface area contributed by atoms with Crippen LogP contribution in [0.4, 0.5) is 4.79 Å². The maximum Gasteiger partial charge on any atom is 0.415 e. The molecule has 0 atom stereocenters. The van der Waals surface area contributed by atoms with E-state index < -0.39 is 0 Å². The van der Waals surface area contributed by atoms with Gasteiger partial charge in [-0.25, -0.2) is 4.79 Å². The lowest BCUT2D eigenvalue weighted by atomic mass is 9.81. The summed E-state index contributed by atoms with van der Waals surface area (Å²) in [5.74, 6) is 1.10. The number of halogens is 2. The van der Waals surface area contributed by atoms with E-state index in [1.807, 2.05) is 7.05 Å². The molecule has 0 saturated heterocycles. The van der Waals surface area contributed by atoms with Gasteiger partial charge in [-0.05, 0) is 92.9 Å². The highest BCUT2D eigenvalue weighted by atomic mass is 35.5. The Bertz CT molecular complexity index is 916. The predicted molar refractivity (Wildman–Crippen MR) is 167 cm³/mol. The third kappa shape index (κ3) is 11.7. The second-order valence-electron chi connectivity index (χ2n) is 11.1. The number of unbranched alkanes of at least 4 members (excludes halogenated alkanes) is 6. The number of hydrogen-bond acceptors (Lipinski definition) is 3. The highest BCUT2D eigenvalue weighted by molar-refractivity contribution is 6.30. The standard InChI is InChI=1S/C33H49ClN2O2.ClH/c1-4-6-8-10-24-36(25-11-9-7-5-2)26-27-12-14-28(15-13-27)29-16-20-31(21-17-29)35(3)33(37)38-32-22-18-30(34)19-23-32;/h12-15,18-19,22-23,29,31H,4-11,16-17,20-21,24-26H2,1-3H3;1H. The van der Waals surface area contributed by atoms with Crippen LogP contribution >= 0.6 is 24.0 Å². The summed E-state index contributed by atoms with van der Waals surface area (Å²) in [7, 11) is 1.86. The summed E-state index contributed by atoms with van der Waals surface area (Å²) in [5.41, 5.74) is 2.87. The second-order valence-corrected chi connectivity index (χ2v) is 11.5. The van der Waals surface area contributed by atoms with Gasteiger partial charge < -0.3 is 9.64 Å². The van der Waals surface area contributed by atoms with Crippen molar-refractivity contribution >= 4 is 30.1 Å². The summed E-state index contributed by atoms with van der Waals surface area (Å²) in [6.07, 6.45) is 14.5. The van der Waals surface area contributed by atoms with Crippen LogP contribution in [0, 0.1) is 0 Å². The Labute approximate surface area is 248 Å². The van der Waals surface area contributed by atoms with E-state index in [2.05, 4.69) is 43.0 Å². The Hall–Kier alpha value is -1.75. The zero-order valence-electron chi connectivity index (χ0n) is 24.4. The normalized spacial score (nSPS) is 17.1. The Morgan fingerprint density at radius 1 is 0.821 bits per heavy atom. The molecular formula is C33H50Cl2N2O2. The number of ether oxygens (including phenoxy) is 1. The summed E-state index contributed by atoms with van der Waals surface area (Å²) in [6, 6.07) is 16.6. The number of amides is 1. The quantitative estimate of drug-likeness (QED) is 0.198. The fraction of sp³-hybridized carbons (Fsp3) is 0.606. The van der Waals surface area contributed by atoms with Crippen LogP contribution in [-0.2, 0) is 6.54 Å². The SMILES string of the molecule is CCCCCCN(CCCCCC)Cc1ccc(C2CCC(N(C)C(=O)Oc3ccc(Cl)cc3)CC2)cc1.Cl. The largest absolute Gasteiger partial charge is 0.415 e. The summed E-state index contributed by atoms with van der Waals surface area (Å²) in [6.45, 7) is 8.06. The van der Waals surface area contributed by atoms with Crippen LogP contribution in [0.25, 0.3) is 0 Å². The van der Waals surface area contributed by atoms with Crippen molar-refractivity contribution < 1.29 is 9.53 Å². The lowest BCUT2D eigenvalue weighted by molar-refractivity contribution is 0.130. The number of hydrogen-bond donors (Lipinski definition) is 0. The second kappa shape index (κ2) is 18.6. The first-order chi connectivity index (χ1) is 18.5. The number of nitrogens with zero attached hydrogens (tertiary/aromatic N) is 2. The molecule has 218 valence electrons. The third-order valence-corrected chi connectivity index (χ3v) is 8.32. The van der Waals surface area contributed by atoms with Gasteiger partial charge in [0.05, 0.1) is 0 Å². The molecule has 1 fully saturated rings. The smallest absolute Gasteiger partial charge is 0.410 e. The lowest BCUT2D eigenvalue weighted by Gasteiger charge is -2.34. The summed E-state index contributed by atoms with van der Waals surface area (Å²) in [4.78, 5) is 17.1. The van der Waals surface area contributed by atoms with E-state index >= 15 is 0 Å². The van der Waals surface area contributed by atoms with E-state index in [4.69, 9.17) is 16.3 Å². The average Bonchev–Trinajstić information content (AvgIpc) is 2.94. The summed E-state index contributed by atoms with van der Waals surface area (Å²) >= 11 is 5.93. The zero-order valence-corrected chi connectivity index (χ0v) is 25.9. The molecule has 1 amide bonds. The van der Waals surface area contributed by atoms with Gasteiger partial charge in [-0.2, -0.15) is 0 Å². The minimum Gasteiger partial charge on any atom is -0.410 e. The van der Waals surface area contributed by atoms with Crippen LogP contribution in [0.15, 0.2) is 48.5 Å². The monoisotopic (exact) mass is 576 g/mol. The molecule has 0 aromatic heterocycles. The molecule has 0 radical (unpaired) electrons. The molecule has 1 aliphatic rings. The third-order valence-electron chi connectivity index (χ3n) is 8.06. The number of benzene rings is 2. The minimum absolute atomic E-state index is 0. The van der Waals surface area contributed by atoms with Gasteiger partial charge >= 0.3 is 6.09 Å². The van der Waals surface area contributed by atoms with Gasteiger partial charge in [-0.15, -0.1) is 12.4 Å². The van der Waals surface area contributed by atoms with Crippen LogP contribution in [0.2, 0.25) is 5.02 Å². The van der Waals surface area contributed by atoms with Crippen LogP contribution in [0.5, 0.6) is 5.75 Å². The molecule has 0 bridgehead atoms. The predicted octanol–water partition coefficient (Wildman–Crippen LogP) is 9.88. The fourth-order valence-electron chi connectivity index (χ4n) is 5.57. The molecule has 0 spiro atoms. The molecule has 6 heteroatoms. The number of rotatable bonds is 15. The van der Waals surface area contributed by atoms with E-state index in [1.54, 1.807) is 29.2 Å². The topological polar surface area (TPSA) is 32.8 Å². The molecule has 2 aromatic carbocycles. The fourth-order valence-corrected chi connectivity index (χ4v) is 5.69. The van der Waals surface area contributed by atoms with Crippen LogP contribution in [-0.4, -0.2) is 42.1 Å². The molecule has 0 N–H and O–H groups in total. The van der Waals surface area contributed by atoms with Crippen molar-refractivity contribution in [1.82, 2.24) is 9.80 Å². The van der Waals surface area contributed by atoms with E-state index in [0.29, 0.717) is 16.7 Å². The first kappa shape index (κ1) is 33.5. The molecule has 2 aromatic rings. The van der Waals surface area contributed by atoms with E-state index in [1.165, 1.54) is 75.6 Å². The van der Waals surface area contributed by atoms with Crippen LogP contribution in [0.3, 0.4) is 0 Å². The Morgan fingerprint density at radius 2 is 1.38 bits per heavy atom. The Morgan fingerprint density at radius 3 is 1.92 bits per heavy atom. The molecule has 0 unspecified atom stereocenters. The van der Waals surface area contributed by atoms with Crippen molar-refractivity contribution in [1.29, 1.82) is 0 Å². The first-order valence-electron chi connectivity index (χ1n) is 15.0. The van der Waals surface area contributed by atoms with E-state index in [-0.39, 0.29) is 24.5 Å². The number of carbonyl (C=O) groups is 1. The lowest BCUT2D eigenvalue weighted by Crippen LogP contribution is -2.40. The summed E-state index contributed by atoms with van der Waals surface area (Å²) in [5, 5.41) is 0.631. The highest BCUT2D eigenvalue weighted by Gasteiger charge is 2.28. The van der Waals surface area contributed by atoms with Crippen molar-refractivity contribution in [2.45, 2.75) is 109 Å². The maximum atomic E-state index is 12.6. The Balaban J connectivity index is 0.00000533.